The van der Waals surface area contributed by atoms with Crippen molar-refractivity contribution in [2.75, 3.05) is 6.26 Å². The van der Waals surface area contributed by atoms with Crippen molar-refractivity contribution in [3.8, 4) is 0 Å². The minimum atomic E-state index is -0.0625. The summed E-state index contributed by atoms with van der Waals surface area (Å²) in [7, 11) is -0.0625. The summed E-state index contributed by atoms with van der Waals surface area (Å²) >= 11 is 10.8. The molecule has 0 aliphatic carbocycles. The van der Waals surface area contributed by atoms with Gasteiger partial charge in [0.15, 0.2) is 0 Å². The highest BCUT2D eigenvalue weighted by molar-refractivity contribution is 8.28. The molecule has 0 heterocycles. The molecule has 0 N–H and O–H groups in total. The molecular formula is C7H7ClS2. The van der Waals surface area contributed by atoms with Gasteiger partial charge in [-0.25, -0.2) is 0 Å². The molecule has 54 valence electrons. The molecule has 10 heavy (non-hydrogen) atoms. The van der Waals surface area contributed by atoms with E-state index >= 15 is 0 Å². The van der Waals surface area contributed by atoms with E-state index in [1.54, 1.807) is 0 Å². The minimum absolute atomic E-state index is 0.0625. The molecule has 1 atom stereocenters. The van der Waals surface area contributed by atoms with Crippen LogP contribution in [0.3, 0.4) is 0 Å². The molecular weight excluding hydrogens is 184 g/mol. The van der Waals surface area contributed by atoms with E-state index in [0.29, 0.717) is 0 Å². The van der Waals surface area contributed by atoms with Gasteiger partial charge in [0.2, 0.25) is 0 Å². The van der Waals surface area contributed by atoms with Gasteiger partial charge in [-0.05, 0) is 41.7 Å². The maximum absolute atomic E-state index is 5.69. The van der Waals surface area contributed by atoms with Crippen LogP contribution < -0.4 is 0 Å². The van der Waals surface area contributed by atoms with Crippen molar-refractivity contribution in [2.45, 2.75) is 4.90 Å². The normalized spacial score (nSPS) is 13.0. The molecule has 0 saturated carbocycles. The standard InChI is InChI=1S/C7H7ClS2/c1-10(9)7-4-2-6(8)3-5-7/h2-5H,1H3. The first-order chi connectivity index (χ1) is 4.70. The highest BCUT2D eigenvalue weighted by Crippen LogP contribution is 2.11. The molecule has 0 bridgehead atoms. The van der Waals surface area contributed by atoms with Gasteiger partial charge >= 0.3 is 0 Å². The molecule has 0 nitrogen and oxygen atoms in total. The fourth-order valence-electron chi connectivity index (χ4n) is 0.626. The van der Waals surface area contributed by atoms with Crippen LogP contribution in [0.4, 0.5) is 0 Å². The molecule has 0 aliphatic heterocycles. The van der Waals surface area contributed by atoms with E-state index in [2.05, 4.69) is 0 Å². The molecule has 0 aromatic heterocycles. The summed E-state index contributed by atoms with van der Waals surface area (Å²) in [6.07, 6.45) is 2.01. The zero-order valence-corrected chi connectivity index (χ0v) is 7.89. The second kappa shape index (κ2) is 3.46. The van der Waals surface area contributed by atoms with Gasteiger partial charge < -0.3 is 0 Å². The Bertz CT molecular complexity index is 240. The Morgan fingerprint density at radius 3 is 2.20 bits per heavy atom. The molecule has 0 radical (unpaired) electrons. The summed E-state index contributed by atoms with van der Waals surface area (Å²) in [5, 5.41) is 0.768. The molecule has 1 aromatic rings. The van der Waals surface area contributed by atoms with E-state index in [1.165, 1.54) is 4.90 Å². The molecule has 0 spiro atoms. The van der Waals surface area contributed by atoms with E-state index in [4.69, 9.17) is 22.8 Å². The van der Waals surface area contributed by atoms with Gasteiger partial charge in [-0.1, -0.05) is 21.1 Å². The van der Waals surface area contributed by atoms with Gasteiger partial charge in [-0.3, -0.25) is 0 Å². The van der Waals surface area contributed by atoms with Crippen LogP contribution in [0.1, 0.15) is 0 Å². The fourth-order valence-corrected chi connectivity index (χ4v) is 1.60. The fraction of sp³-hybridized carbons (Fsp3) is 0.143. The number of hydrogen-bond acceptors (Lipinski definition) is 1. The monoisotopic (exact) mass is 190 g/mol. The van der Waals surface area contributed by atoms with E-state index in [0.717, 1.165) is 5.02 Å². The highest BCUT2D eigenvalue weighted by Gasteiger charge is 1.91. The van der Waals surface area contributed by atoms with E-state index in [9.17, 15) is 0 Å². The predicted molar refractivity (Wildman–Crippen MR) is 50.4 cm³/mol. The molecule has 0 aliphatic rings. The van der Waals surface area contributed by atoms with Crippen LogP contribution in [-0.2, 0) is 20.6 Å². The van der Waals surface area contributed by atoms with Crippen LogP contribution in [0.15, 0.2) is 29.2 Å². The predicted octanol–water partition coefficient (Wildman–Crippen LogP) is 2.41. The summed E-state index contributed by atoms with van der Waals surface area (Å²) in [5.74, 6) is 0. The van der Waals surface area contributed by atoms with Crippen molar-refractivity contribution < 1.29 is 0 Å². The third-order valence-corrected chi connectivity index (χ3v) is 2.91. The summed E-state index contributed by atoms with van der Waals surface area (Å²) in [6.45, 7) is 0. The van der Waals surface area contributed by atoms with Crippen LogP contribution in [0.25, 0.3) is 0 Å². The summed E-state index contributed by atoms with van der Waals surface area (Å²) in [6, 6.07) is 7.68. The van der Waals surface area contributed by atoms with Gasteiger partial charge in [0.05, 0.1) is 0 Å². The van der Waals surface area contributed by atoms with E-state index < -0.39 is 0 Å². The lowest BCUT2D eigenvalue weighted by Crippen LogP contribution is -1.82. The van der Waals surface area contributed by atoms with Gasteiger partial charge in [0.1, 0.15) is 0 Å². The van der Waals surface area contributed by atoms with Gasteiger partial charge in [-0.2, -0.15) is 0 Å². The third kappa shape index (κ3) is 2.04. The SMILES string of the molecule is CS(=S)c1ccc(Cl)cc1. The topological polar surface area (TPSA) is 0 Å². The summed E-state index contributed by atoms with van der Waals surface area (Å²) in [4.78, 5) is 1.18. The average Bonchev–Trinajstić information content (AvgIpc) is 1.88. The first-order valence-corrected chi connectivity index (χ1v) is 5.73. The van der Waals surface area contributed by atoms with Crippen LogP contribution in [0.2, 0.25) is 5.02 Å². The van der Waals surface area contributed by atoms with Crippen LogP contribution in [0, 0.1) is 0 Å². The molecule has 1 aromatic carbocycles. The quantitative estimate of drug-likeness (QED) is 0.656. The number of rotatable bonds is 1. The number of halogens is 1. The minimum Gasteiger partial charge on any atom is -0.0933 e. The van der Waals surface area contributed by atoms with Crippen molar-refractivity contribution in [2.24, 2.45) is 0 Å². The Morgan fingerprint density at radius 2 is 1.80 bits per heavy atom. The first-order valence-electron chi connectivity index (χ1n) is 2.79. The molecule has 3 heteroatoms. The second-order valence-electron chi connectivity index (χ2n) is 1.91. The zero-order valence-electron chi connectivity index (χ0n) is 5.50. The van der Waals surface area contributed by atoms with E-state index in [1.807, 2.05) is 30.5 Å². The van der Waals surface area contributed by atoms with Crippen LogP contribution in [0.5, 0.6) is 0 Å². The number of hydrogen-bond donors (Lipinski definition) is 0. The van der Waals surface area contributed by atoms with Gasteiger partial charge in [-0.15, -0.1) is 0 Å². The largest absolute Gasteiger partial charge is 0.0933 e. The van der Waals surface area contributed by atoms with Gasteiger partial charge in [0.25, 0.3) is 0 Å². The lowest BCUT2D eigenvalue weighted by molar-refractivity contribution is 1.46. The molecule has 1 unspecified atom stereocenters. The van der Waals surface area contributed by atoms with E-state index in [-0.39, 0.29) is 9.45 Å². The molecule has 0 amide bonds. The molecule has 0 saturated heterocycles. The Labute approximate surface area is 72.8 Å². The second-order valence-corrected chi connectivity index (χ2v) is 5.22. The Balaban J connectivity index is 3.00. The summed E-state index contributed by atoms with van der Waals surface area (Å²) < 4.78 is 0. The van der Waals surface area contributed by atoms with Crippen molar-refractivity contribution in [1.29, 1.82) is 0 Å². The Hall–Kier alpha value is 0.0800. The van der Waals surface area contributed by atoms with Crippen molar-refractivity contribution in [3.05, 3.63) is 29.3 Å². The smallest absolute Gasteiger partial charge is 0.0406 e. The molecule has 0 fully saturated rings. The van der Waals surface area contributed by atoms with Crippen molar-refractivity contribution in [1.82, 2.24) is 0 Å². The van der Waals surface area contributed by atoms with Crippen LogP contribution >= 0.6 is 11.6 Å². The lowest BCUT2D eigenvalue weighted by atomic mass is 10.4. The first kappa shape index (κ1) is 8.18. The van der Waals surface area contributed by atoms with Crippen LogP contribution in [-0.4, -0.2) is 6.26 Å². The number of benzene rings is 1. The maximum atomic E-state index is 5.69. The zero-order chi connectivity index (χ0) is 7.56. The lowest BCUT2D eigenvalue weighted by Gasteiger charge is -1.96. The average molecular weight is 191 g/mol. The van der Waals surface area contributed by atoms with Gasteiger partial charge in [0, 0.05) is 9.92 Å². The Kier molecular flexibility index (Phi) is 2.83. The Morgan fingerprint density at radius 1 is 1.30 bits per heavy atom. The van der Waals surface area contributed by atoms with Crippen molar-refractivity contribution >= 4 is 32.2 Å². The highest BCUT2D eigenvalue weighted by atomic mass is 35.5. The molecule has 1 rings (SSSR count). The third-order valence-electron chi connectivity index (χ3n) is 1.15. The summed E-state index contributed by atoms with van der Waals surface area (Å²) in [5.41, 5.74) is 0. The van der Waals surface area contributed by atoms with Crippen molar-refractivity contribution in [3.63, 3.8) is 0 Å². The maximum Gasteiger partial charge on any atom is 0.0406 e.